The number of rotatable bonds is 0. The molecule has 4 heteroatoms. The van der Waals surface area contributed by atoms with E-state index in [1.165, 1.54) is 13.1 Å². The van der Waals surface area contributed by atoms with Gasteiger partial charge in [-0.1, -0.05) is 0 Å². The van der Waals surface area contributed by atoms with Crippen molar-refractivity contribution in [1.29, 1.82) is 0 Å². The van der Waals surface area contributed by atoms with E-state index in [2.05, 4.69) is 31.6 Å². The zero-order chi connectivity index (χ0) is 5.28. The lowest BCUT2D eigenvalue weighted by molar-refractivity contribution is -0.355. The highest BCUT2D eigenvalue weighted by atomic mass is 15.2. The summed E-state index contributed by atoms with van der Waals surface area (Å²) >= 11 is 0. The first kappa shape index (κ1) is 4.75. The Hall–Kier alpha value is -0.400. The molecule has 0 saturated heterocycles. The van der Waals surface area contributed by atoms with Gasteiger partial charge in [0.2, 0.25) is 0 Å². The molecule has 0 atom stereocenters. The van der Waals surface area contributed by atoms with Crippen LogP contribution in [0.15, 0.2) is 0 Å². The van der Waals surface area contributed by atoms with Crippen molar-refractivity contribution in [2.75, 3.05) is 13.1 Å². The summed E-state index contributed by atoms with van der Waals surface area (Å²) in [6, 6.07) is 0. The number of hydrogen-bond donors (Lipinski definition) is 0. The Labute approximate surface area is 45.7 Å². The van der Waals surface area contributed by atoms with Crippen molar-refractivity contribution in [3.05, 3.63) is 0 Å². The fourth-order valence-corrected chi connectivity index (χ4v) is 0.767. The summed E-state index contributed by atoms with van der Waals surface area (Å²) in [5.41, 5.74) is 0. The van der Waals surface area contributed by atoms with Crippen LogP contribution in [0.1, 0.15) is 0 Å². The molecular formula is C3H9B2N2+. The summed E-state index contributed by atoms with van der Waals surface area (Å²) in [7, 11) is 4.17. The molecule has 0 fully saturated rings. The van der Waals surface area contributed by atoms with Crippen LogP contribution in [-0.4, -0.2) is 44.7 Å². The standard InChI is InChI=1S/C3H9B2N2/c4-6-1-2-7(5)3-6/h3H,1-2,4-5H2/q+1. The normalized spacial score (nSPS) is 20.0. The molecule has 1 aliphatic heterocycles. The van der Waals surface area contributed by atoms with Crippen LogP contribution in [0.4, 0.5) is 0 Å². The topological polar surface area (TPSA) is 6.25 Å². The molecule has 2 nitrogen and oxygen atoms in total. The molecule has 0 unspecified atom stereocenters. The second-order valence-corrected chi connectivity index (χ2v) is 2.08. The molecule has 1 rings (SSSR count). The SMILES string of the molecule is BN1C=[N+](B)CC1. The van der Waals surface area contributed by atoms with Gasteiger partial charge in [-0.3, -0.25) is 0 Å². The highest BCUT2D eigenvalue weighted by Gasteiger charge is 2.07. The molecular weight excluding hydrogens is 85.7 g/mol. The van der Waals surface area contributed by atoms with Gasteiger partial charge in [-0.15, -0.1) is 0 Å². The van der Waals surface area contributed by atoms with E-state index in [0.717, 1.165) is 0 Å². The van der Waals surface area contributed by atoms with Gasteiger partial charge in [-0.2, -0.15) is 0 Å². The number of nitrogens with zero attached hydrogens (tertiary/aromatic N) is 2. The van der Waals surface area contributed by atoms with Gasteiger partial charge in [0.1, 0.15) is 13.1 Å². The Bertz CT molecular complexity index is 101. The van der Waals surface area contributed by atoms with E-state index in [9.17, 15) is 0 Å². The molecule has 0 N–H and O–H groups in total. The minimum Gasteiger partial charge on any atom is -0.335 e. The maximum Gasteiger partial charge on any atom is 0.336 e. The molecule has 0 aromatic carbocycles. The van der Waals surface area contributed by atoms with Crippen molar-refractivity contribution in [2.45, 2.75) is 0 Å². The second kappa shape index (κ2) is 1.60. The highest BCUT2D eigenvalue weighted by Crippen LogP contribution is 1.82. The van der Waals surface area contributed by atoms with Gasteiger partial charge in [-0.25, -0.2) is 0 Å². The Morgan fingerprint density at radius 2 is 2.43 bits per heavy atom. The first-order valence-corrected chi connectivity index (χ1v) is 2.54. The van der Waals surface area contributed by atoms with Crippen molar-refractivity contribution < 1.29 is 4.49 Å². The van der Waals surface area contributed by atoms with E-state index in [1.807, 2.05) is 0 Å². The first-order valence-electron chi connectivity index (χ1n) is 2.54. The number of hydrogen-bond acceptors (Lipinski definition) is 1. The van der Waals surface area contributed by atoms with Crippen molar-refractivity contribution in [3.8, 4) is 0 Å². The zero-order valence-corrected chi connectivity index (χ0v) is 4.89. The monoisotopic (exact) mass is 95.1 g/mol. The lowest BCUT2D eigenvalue weighted by Crippen LogP contribution is -2.13. The lowest BCUT2D eigenvalue weighted by atomic mass is 10.3. The van der Waals surface area contributed by atoms with Crippen LogP contribution in [0.2, 0.25) is 0 Å². The molecule has 1 aliphatic rings. The van der Waals surface area contributed by atoms with Gasteiger partial charge in [0, 0.05) is 0 Å². The Balaban J connectivity index is 2.50. The predicted molar refractivity (Wildman–Crippen MR) is 35.0 cm³/mol. The molecule has 0 aromatic heterocycles. The van der Waals surface area contributed by atoms with E-state index in [4.69, 9.17) is 0 Å². The second-order valence-electron chi connectivity index (χ2n) is 2.08. The molecule has 0 amide bonds. The van der Waals surface area contributed by atoms with Crippen LogP contribution in [0, 0.1) is 0 Å². The summed E-state index contributed by atoms with van der Waals surface area (Å²) in [5.74, 6) is 0. The summed E-state index contributed by atoms with van der Waals surface area (Å²) in [5, 5.41) is 0. The Morgan fingerprint density at radius 3 is 2.57 bits per heavy atom. The van der Waals surface area contributed by atoms with Crippen LogP contribution < -0.4 is 0 Å². The zero-order valence-electron chi connectivity index (χ0n) is 4.89. The fourth-order valence-electron chi connectivity index (χ4n) is 0.767. The third-order valence-electron chi connectivity index (χ3n) is 1.20. The summed E-state index contributed by atoms with van der Waals surface area (Å²) in [6.45, 7) is 2.35. The smallest absolute Gasteiger partial charge is 0.335 e. The van der Waals surface area contributed by atoms with E-state index < -0.39 is 0 Å². The highest BCUT2D eigenvalue weighted by molar-refractivity contribution is 6.11. The molecule has 0 bridgehead atoms. The minimum absolute atomic E-state index is 1.18. The van der Waals surface area contributed by atoms with Gasteiger partial charge in [0.05, 0.1) is 0 Å². The average Bonchev–Trinajstić information content (AvgIpc) is 1.87. The summed E-state index contributed by atoms with van der Waals surface area (Å²) < 4.78 is 2.18. The molecule has 7 heavy (non-hydrogen) atoms. The molecule has 36 valence electrons. The summed E-state index contributed by atoms with van der Waals surface area (Å²) in [6.07, 6.45) is 2.11. The van der Waals surface area contributed by atoms with E-state index in [0.29, 0.717) is 0 Å². The minimum atomic E-state index is 1.18. The van der Waals surface area contributed by atoms with Crippen molar-refractivity contribution >= 4 is 22.3 Å². The maximum absolute atomic E-state index is 2.18. The van der Waals surface area contributed by atoms with E-state index >= 15 is 0 Å². The van der Waals surface area contributed by atoms with Crippen LogP contribution in [-0.2, 0) is 0 Å². The molecule has 0 aromatic rings. The van der Waals surface area contributed by atoms with Gasteiger partial charge < -0.3 is 9.30 Å². The first-order chi connectivity index (χ1) is 3.29. The van der Waals surface area contributed by atoms with Crippen LogP contribution in [0.5, 0.6) is 0 Å². The van der Waals surface area contributed by atoms with Crippen molar-refractivity contribution in [1.82, 2.24) is 4.81 Å². The van der Waals surface area contributed by atoms with Crippen LogP contribution >= 0.6 is 0 Å². The molecule has 0 aliphatic carbocycles. The van der Waals surface area contributed by atoms with E-state index in [1.54, 1.807) is 0 Å². The molecule has 0 saturated carbocycles. The van der Waals surface area contributed by atoms with Gasteiger partial charge in [-0.05, 0) is 0 Å². The Kier molecular flexibility index (Phi) is 1.09. The predicted octanol–water partition coefficient (Wildman–Crippen LogP) is -2.56. The van der Waals surface area contributed by atoms with Gasteiger partial charge in [0.15, 0.2) is 6.34 Å². The fraction of sp³-hybridized carbons (Fsp3) is 0.667. The third-order valence-corrected chi connectivity index (χ3v) is 1.20. The largest absolute Gasteiger partial charge is 0.336 e. The third kappa shape index (κ3) is 0.981. The van der Waals surface area contributed by atoms with Gasteiger partial charge in [0.25, 0.3) is 0 Å². The lowest BCUT2D eigenvalue weighted by Gasteiger charge is -1.91. The quantitative estimate of drug-likeness (QED) is 0.300. The maximum atomic E-state index is 2.18. The van der Waals surface area contributed by atoms with Crippen LogP contribution in [0.3, 0.4) is 0 Å². The van der Waals surface area contributed by atoms with Crippen LogP contribution in [0.25, 0.3) is 0 Å². The van der Waals surface area contributed by atoms with Crippen molar-refractivity contribution in [2.24, 2.45) is 0 Å². The Morgan fingerprint density at radius 1 is 1.71 bits per heavy atom. The van der Waals surface area contributed by atoms with Gasteiger partial charge >= 0.3 is 16.0 Å². The van der Waals surface area contributed by atoms with Crippen molar-refractivity contribution in [3.63, 3.8) is 0 Å². The molecule has 0 radical (unpaired) electrons. The molecule has 0 spiro atoms. The molecule has 1 heterocycles. The summed E-state index contributed by atoms with van der Waals surface area (Å²) in [4.78, 5) is 2.18. The van der Waals surface area contributed by atoms with E-state index in [-0.39, 0.29) is 0 Å². The average molecular weight is 94.7 g/mol.